The molecule has 2 fully saturated rings. The Bertz CT molecular complexity index is 3640. The first-order chi connectivity index (χ1) is 40.4. The summed E-state index contributed by atoms with van der Waals surface area (Å²) in [5.74, 6) is 1.48. The number of unbranched alkanes of at least 4 members (excludes halogenated alkanes) is 6. The summed E-state index contributed by atoms with van der Waals surface area (Å²) in [6.45, 7) is 33.4. The molecular weight excluding hydrogens is 1220 g/mol. The summed E-state index contributed by atoms with van der Waals surface area (Å²) in [6, 6.07) is 61.9. The van der Waals surface area contributed by atoms with Crippen LogP contribution in [0.25, 0.3) is 77.8 Å². The second-order valence-electron chi connectivity index (χ2n) is 32.0. The largest absolute Gasteiger partial charge is 0.296 e. The molecular formula is C84H100IrN-. The summed E-state index contributed by atoms with van der Waals surface area (Å²) in [5, 5.41) is 1.20. The number of rotatable bonds is 18. The van der Waals surface area contributed by atoms with Crippen LogP contribution >= 0.6 is 0 Å². The van der Waals surface area contributed by atoms with E-state index in [1.807, 2.05) is 0 Å². The van der Waals surface area contributed by atoms with Gasteiger partial charge < -0.3 is 0 Å². The van der Waals surface area contributed by atoms with Crippen LogP contribution in [-0.2, 0) is 47.2 Å². The van der Waals surface area contributed by atoms with E-state index in [4.69, 9.17) is 4.98 Å². The van der Waals surface area contributed by atoms with Gasteiger partial charge in [0.2, 0.25) is 0 Å². The zero-order valence-electron chi connectivity index (χ0n) is 55.1. The van der Waals surface area contributed by atoms with Crippen LogP contribution in [-0.4, -0.2) is 4.98 Å². The Morgan fingerprint density at radius 3 is 1.43 bits per heavy atom. The Labute approximate surface area is 533 Å². The molecule has 86 heavy (non-hydrogen) atoms. The maximum atomic E-state index is 5.89. The van der Waals surface area contributed by atoms with Gasteiger partial charge in [-0.25, -0.2) is 0 Å². The second kappa shape index (κ2) is 23.5. The van der Waals surface area contributed by atoms with Gasteiger partial charge in [0, 0.05) is 36.3 Å². The van der Waals surface area contributed by atoms with Crippen LogP contribution in [0, 0.1) is 28.7 Å². The molecule has 8 aromatic rings. The number of hydrogen-bond acceptors (Lipinski definition) is 1. The molecule has 7 aromatic carbocycles. The predicted molar refractivity (Wildman–Crippen MR) is 366 cm³/mol. The number of benzene rings is 7. The molecule has 0 saturated heterocycles. The van der Waals surface area contributed by atoms with Crippen molar-refractivity contribution in [2.75, 3.05) is 0 Å². The molecule has 12 rings (SSSR count). The van der Waals surface area contributed by atoms with Crippen LogP contribution in [0.5, 0.6) is 0 Å². The molecule has 0 amide bonds. The van der Waals surface area contributed by atoms with Gasteiger partial charge in [0.25, 0.3) is 0 Å². The Kier molecular flexibility index (Phi) is 17.0. The number of pyridine rings is 1. The molecule has 4 aliphatic carbocycles. The van der Waals surface area contributed by atoms with Crippen molar-refractivity contribution < 1.29 is 20.1 Å². The molecule has 0 bridgehead atoms. The minimum Gasteiger partial charge on any atom is -0.296 e. The van der Waals surface area contributed by atoms with Crippen LogP contribution in [0.3, 0.4) is 0 Å². The van der Waals surface area contributed by atoms with Crippen molar-refractivity contribution in [3.63, 3.8) is 0 Å². The topological polar surface area (TPSA) is 12.9 Å². The fourth-order valence-electron chi connectivity index (χ4n) is 18.5. The van der Waals surface area contributed by atoms with E-state index in [0.29, 0.717) is 0 Å². The van der Waals surface area contributed by atoms with Crippen LogP contribution in [0.1, 0.15) is 233 Å². The van der Waals surface area contributed by atoms with Gasteiger partial charge in [-0.05, 0) is 186 Å². The van der Waals surface area contributed by atoms with Crippen LogP contribution in [0.15, 0.2) is 146 Å². The summed E-state index contributed by atoms with van der Waals surface area (Å²) >= 11 is 0. The summed E-state index contributed by atoms with van der Waals surface area (Å²) in [4.78, 5) is 5.89. The number of fused-ring (bicyclic) bond motifs is 7. The van der Waals surface area contributed by atoms with E-state index in [2.05, 4.69) is 249 Å². The molecule has 1 radical (unpaired) electrons. The predicted octanol–water partition coefficient (Wildman–Crippen LogP) is 24.4. The third kappa shape index (κ3) is 11.5. The smallest absolute Gasteiger partial charge is 0.0605 e. The van der Waals surface area contributed by atoms with Gasteiger partial charge in [-0.3, -0.25) is 4.98 Å². The Morgan fingerprint density at radius 1 is 0.442 bits per heavy atom. The molecule has 2 saturated carbocycles. The fourth-order valence-corrected chi connectivity index (χ4v) is 18.5. The van der Waals surface area contributed by atoms with Gasteiger partial charge in [-0.2, -0.15) is 0 Å². The first-order valence-corrected chi connectivity index (χ1v) is 33.6. The molecule has 2 unspecified atom stereocenters. The van der Waals surface area contributed by atoms with Crippen molar-refractivity contribution >= 4 is 10.9 Å². The Morgan fingerprint density at radius 2 is 0.919 bits per heavy atom. The van der Waals surface area contributed by atoms with Crippen molar-refractivity contribution in [2.24, 2.45) is 22.7 Å². The number of aromatic nitrogens is 1. The zero-order valence-corrected chi connectivity index (χ0v) is 57.5. The molecule has 4 aliphatic rings. The summed E-state index contributed by atoms with van der Waals surface area (Å²) in [6.07, 6.45) is 20.9. The molecule has 2 heteroatoms. The summed E-state index contributed by atoms with van der Waals surface area (Å²) < 4.78 is 0. The maximum Gasteiger partial charge on any atom is 0.0605 e. The van der Waals surface area contributed by atoms with Gasteiger partial charge >= 0.3 is 0 Å². The molecule has 1 aromatic heterocycles. The van der Waals surface area contributed by atoms with E-state index in [0.717, 1.165) is 41.5 Å². The van der Waals surface area contributed by atoms with Crippen molar-refractivity contribution in [1.29, 1.82) is 0 Å². The van der Waals surface area contributed by atoms with Gasteiger partial charge in [0.05, 0.1) is 5.52 Å². The third-order valence-corrected chi connectivity index (χ3v) is 21.6. The van der Waals surface area contributed by atoms with E-state index >= 15 is 0 Å². The minimum atomic E-state index is -0.162. The third-order valence-electron chi connectivity index (χ3n) is 21.6. The number of nitrogens with zero attached hydrogens (tertiary/aromatic N) is 1. The molecule has 1 nitrogen and oxygen atoms in total. The van der Waals surface area contributed by atoms with Crippen LogP contribution < -0.4 is 0 Å². The summed E-state index contributed by atoms with van der Waals surface area (Å²) in [5.41, 5.74) is 25.5. The zero-order chi connectivity index (χ0) is 59.9. The van der Waals surface area contributed by atoms with Gasteiger partial charge in [-0.15, -0.1) is 29.3 Å². The van der Waals surface area contributed by atoms with Crippen LogP contribution in [0.2, 0.25) is 0 Å². The molecule has 0 N–H and O–H groups in total. The standard InChI is InChI=1S/C84H100N.Ir/c1-15-17-19-21-27-56-50-83-51-57(28-22-20-18-16-2)53-84(83,52-56)75-46-60(37-42-68(75)66-29-24-26-32-73(66)83)76-48-69(71-47-70-67-30-23-25-31-72(67)82(13,14)74(70)49-77(71)85-76)63-44-61(58-33-38-64(39-34-58)80(9,10)54-78(3,4)5)43-62(45-63)59-35-40-65(41-36-59)81(11,12)55-79(6,7)8;/h23-26,29-36,38-49,56-57H,15-22,27-28,50-55H2,1-14H3;/q-1;. The minimum absolute atomic E-state index is 0. The van der Waals surface area contributed by atoms with E-state index in [9.17, 15) is 0 Å². The SMILES string of the molecule is CCCCCCC1CC23CC(CCCCCC)CC2(C1)c1cc(-c2cc(-c4cc(-c5ccc(C(C)(C)CC(C)(C)C)cc5)cc(-c5ccc(C(C)(C)CC(C)(C)C)cc5)c4)c4cc5c(cc4n2)C(C)(C)c2ccccc2-5)[c-]cc1-c1ccccc13.[Ir]. The fraction of sp³-hybridized carbons (Fsp3) is 0.464. The number of hydrogen-bond donors (Lipinski definition) is 0. The summed E-state index contributed by atoms with van der Waals surface area (Å²) in [7, 11) is 0. The molecule has 0 spiro atoms. The average molecular weight is 1320 g/mol. The van der Waals surface area contributed by atoms with Gasteiger partial charge in [0.1, 0.15) is 0 Å². The quantitative estimate of drug-likeness (QED) is 0.0616. The molecule has 451 valence electrons. The van der Waals surface area contributed by atoms with Gasteiger partial charge in [0.15, 0.2) is 0 Å². The molecule has 2 atom stereocenters. The van der Waals surface area contributed by atoms with Crippen molar-refractivity contribution in [3.8, 4) is 66.9 Å². The second-order valence-corrected chi connectivity index (χ2v) is 32.0. The van der Waals surface area contributed by atoms with E-state index in [1.165, 1.54) is 173 Å². The monoisotopic (exact) mass is 1320 g/mol. The van der Waals surface area contributed by atoms with E-state index < -0.39 is 0 Å². The maximum absolute atomic E-state index is 5.89. The van der Waals surface area contributed by atoms with Crippen molar-refractivity contribution in [3.05, 3.63) is 185 Å². The molecule has 0 aliphatic heterocycles. The first kappa shape index (κ1) is 62.2. The van der Waals surface area contributed by atoms with E-state index in [-0.39, 0.29) is 58.0 Å². The normalized spacial score (nSPS) is 20.2. The first-order valence-electron chi connectivity index (χ1n) is 33.6. The Balaban J connectivity index is 0.00000768. The van der Waals surface area contributed by atoms with Gasteiger partial charge in [-0.1, -0.05) is 275 Å². The van der Waals surface area contributed by atoms with Crippen molar-refractivity contribution in [1.82, 2.24) is 4.98 Å². The molecule has 1 heterocycles. The average Bonchev–Trinajstić information content (AvgIpc) is 1.49. The Hall–Kier alpha value is -5.40. The van der Waals surface area contributed by atoms with Crippen LogP contribution in [0.4, 0.5) is 0 Å². The van der Waals surface area contributed by atoms with E-state index in [1.54, 1.807) is 11.1 Å². The van der Waals surface area contributed by atoms with Crippen molar-refractivity contribution in [2.45, 2.75) is 227 Å².